The molecule has 0 bridgehead atoms. The van der Waals surface area contributed by atoms with Crippen molar-refractivity contribution in [2.24, 2.45) is 5.73 Å². The van der Waals surface area contributed by atoms with Crippen LogP contribution in [-0.2, 0) is 0 Å². The minimum absolute atomic E-state index is 0.581. The van der Waals surface area contributed by atoms with Gasteiger partial charge in [-0.15, -0.1) is 0 Å². The largest absolute Gasteiger partial charge is 0.351 e. The van der Waals surface area contributed by atoms with Crippen LogP contribution in [0.2, 0.25) is 5.02 Å². The lowest BCUT2D eigenvalue weighted by atomic mass is 10.1. The quantitative estimate of drug-likeness (QED) is 0.716. The smallest absolute Gasteiger partial charge is 0.316 e. The zero-order chi connectivity index (χ0) is 10.0. The van der Waals surface area contributed by atoms with Gasteiger partial charge in [0.1, 0.15) is 0 Å². The number of primary amides is 1. The highest BCUT2D eigenvalue weighted by Gasteiger charge is 2.05. The number of rotatable bonds is 1. The standard InChI is InChI=1S/C9H11ClN2O/c1-5-3-4-7(12-9(11)13)6(2)8(5)10/h3-4H,1-2H3,(H3,11,12,13). The van der Waals surface area contributed by atoms with E-state index in [1.807, 2.05) is 19.9 Å². The van der Waals surface area contributed by atoms with Crippen molar-refractivity contribution in [3.8, 4) is 0 Å². The molecule has 0 unspecified atom stereocenters. The van der Waals surface area contributed by atoms with Gasteiger partial charge in [0.05, 0.1) is 0 Å². The Morgan fingerprint density at radius 3 is 2.62 bits per heavy atom. The Morgan fingerprint density at radius 2 is 2.08 bits per heavy atom. The number of aryl methyl sites for hydroxylation is 1. The fourth-order valence-electron chi connectivity index (χ4n) is 1.09. The molecule has 3 nitrogen and oxygen atoms in total. The Kier molecular flexibility index (Phi) is 2.78. The summed E-state index contributed by atoms with van der Waals surface area (Å²) in [5.41, 5.74) is 7.46. The van der Waals surface area contributed by atoms with Crippen molar-refractivity contribution in [1.29, 1.82) is 0 Å². The van der Waals surface area contributed by atoms with Gasteiger partial charge in [-0.3, -0.25) is 0 Å². The Labute approximate surface area is 81.9 Å². The third kappa shape index (κ3) is 2.12. The number of amides is 2. The highest BCUT2D eigenvalue weighted by atomic mass is 35.5. The van der Waals surface area contributed by atoms with Gasteiger partial charge in [-0.1, -0.05) is 17.7 Å². The molecule has 0 aliphatic heterocycles. The molecule has 0 radical (unpaired) electrons. The van der Waals surface area contributed by atoms with Crippen molar-refractivity contribution in [3.05, 3.63) is 28.3 Å². The molecule has 3 N–H and O–H groups in total. The van der Waals surface area contributed by atoms with Crippen LogP contribution >= 0.6 is 11.6 Å². The van der Waals surface area contributed by atoms with E-state index in [1.165, 1.54) is 0 Å². The SMILES string of the molecule is Cc1ccc(NC(N)=O)c(C)c1Cl. The third-order valence-electron chi connectivity index (χ3n) is 1.84. The second kappa shape index (κ2) is 3.66. The molecule has 0 aromatic heterocycles. The van der Waals surface area contributed by atoms with Gasteiger partial charge < -0.3 is 11.1 Å². The fraction of sp³-hybridized carbons (Fsp3) is 0.222. The summed E-state index contributed by atoms with van der Waals surface area (Å²) in [7, 11) is 0. The number of halogens is 1. The number of carbonyl (C=O) groups is 1. The van der Waals surface area contributed by atoms with E-state index in [-0.39, 0.29) is 0 Å². The zero-order valence-electron chi connectivity index (χ0n) is 7.52. The average molecular weight is 199 g/mol. The maximum Gasteiger partial charge on any atom is 0.316 e. The van der Waals surface area contributed by atoms with Crippen LogP contribution in [0, 0.1) is 13.8 Å². The fourth-order valence-corrected chi connectivity index (χ4v) is 1.25. The van der Waals surface area contributed by atoms with Gasteiger partial charge in [-0.2, -0.15) is 0 Å². The number of nitrogens with one attached hydrogen (secondary N) is 1. The molecule has 0 aliphatic carbocycles. The van der Waals surface area contributed by atoms with Crippen LogP contribution in [-0.4, -0.2) is 6.03 Å². The van der Waals surface area contributed by atoms with Gasteiger partial charge >= 0.3 is 6.03 Å². The molecule has 1 rings (SSSR count). The van der Waals surface area contributed by atoms with Crippen molar-refractivity contribution < 1.29 is 4.79 Å². The van der Waals surface area contributed by atoms with E-state index in [9.17, 15) is 4.79 Å². The predicted octanol–water partition coefficient (Wildman–Crippen LogP) is 2.45. The minimum atomic E-state index is -0.581. The first kappa shape index (κ1) is 9.86. The first-order chi connectivity index (χ1) is 6.02. The molecule has 0 heterocycles. The van der Waals surface area contributed by atoms with E-state index >= 15 is 0 Å². The summed E-state index contributed by atoms with van der Waals surface area (Å²) in [6.07, 6.45) is 0. The van der Waals surface area contributed by atoms with Gasteiger partial charge in [-0.05, 0) is 31.0 Å². The summed E-state index contributed by atoms with van der Waals surface area (Å²) in [6.45, 7) is 3.74. The molecule has 70 valence electrons. The zero-order valence-corrected chi connectivity index (χ0v) is 8.27. The van der Waals surface area contributed by atoms with Crippen molar-refractivity contribution in [1.82, 2.24) is 0 Å². The molecule has 0 spiro atoms. The van der Waals surface area contributed by atoms with Crippen LogP contribution in [0.15, 0.2) is 12.1 Å². The van der Waals surface area contributed by atoms with E-state index < -0.39 is 6.03 Å². The van der Waals surface area contributed by atoms with Crippen LogP contribution in [0.5, 0.6) is 0 Å². The first-order valence-electron chi connectivity index (χ1n) is 3.84. The molecule has 0 atom stereocenters. The number of anilines is 1. The van der Waals surface area contributed by atoms with Crippen LogP contribution in [0.4, 0.5) is 10.5 Å². The van der Waals surface area contributed by atoms with Gasteiger partial charge in [0.2, 0.25) is 0 Å². The number of benzene rings is 1. The minimum Gasteiger partial charge on any atom is -0.351 e. The van der Waals surface area contributed by atoms with Crippen molar-refractivity contribution in [3.63, 3.8) is 0 Å². The van der Waals surface area contributed by atoms with Crippen LogP contribution < -0.4 is 11.1 Å². The summed E-state index contributed by atoms with van der Waals surface area (Å²) in [5, 5.41) is 3.15. The number of urea groups is 1. The summed E-state index contributed by atoms with van der Waals surface area (Å²) in [6, 6.07) is 3.03. The molecule has 2 amide bonds. The van der Waals surface area contributed by atoms with E-state index in [2.05, 4.69) is 5.32 Å². The summed E-state index contributed by atoms with van der Waals surface area (Å²) in [5.74, 6) is 0. The normalized spacial score (nSPS) is 9.77. The van der Waals surface area contributed by atoms with Crippen LogP contribution in [0.25, 0.3) is 0 Å². The Morgan fingerprint density at radius 1 is 1.46 bits per heavy atom. The third-order valence-corrected chi connectivity index (χ3v) is 2.42. The van der Waals surface area contributed by atoms with Gasteiger partial charge in [-0.25, -0.2) is 4.79 Å². The molecular weight excluding hydrogens is 188 g/mol. The maximum atomic E-state index is 10.6. The second-order valence-corrected chi connectivity index (χ2v) is 3.24. The molecule has 4 heteroatoms. The molecule has 0 fully saturated rings. The molecule has 1 aromatic rings. The number of carbonyl (C=O) groups excluding carboxylic acids is 1. The van der Waals surface area contributed by atoms with E-state index in [0.29, 0.717) is 10.7 Å². The average Bonchev–Trinajstić information content (AvgIpc) is 2.06. The van der Waals surface area contributed by atoms with Gasteiger partial charge in [0.15, 0.2) is 0 Å². The van der Waals surface area contributed by atoms with E-state index in [1.54, 1.807) is 6.07 Å². The molecule has 0 saturated carbocycles. The lowest BCUT2D eigenvalue weighted by Gasteiger charge is -2.09. The number of hydrogen-bond donors (Lipinski definition) is 2. The lowest BCUT2D eigenvalue weighted by Crippen LogP contribution is -2.19. The summed E-state index contributed by atoms with van der Waals surface area (Å²) in [4.78, 5) is 10.6. The topological polar surface area (TPSA) is 55.1 Å². The second-order valence-electron chi connectivity index (χ2n) is 2.86. The molecule has 13 heavy (non-hydrogen) atoms. The molecule has 0 aliphatic rings. The van der Waals surface area contributed by atoms with Gasteiger partial charge in [0, 0.05) is 10.7 Å². The summed E-state index contributed by atoms with van der Waals surface area (Å²) < 4.78 is 0. The maximum absolute atomic E-state index is 10.6. The number of hydrogen-bond acceptors (Lipinski definition) is 1. The highest BCUT2D eigenvalue weighted by Crippen LogP contribution is 2.26. The Bertz CT molecular complexity index is 350. The van der Waals surface area contributed by atoms with E-state index in [0.717, 1.165) is 11.1 Å². The van der Waals surface area contributed by atoms with Crippen LogP contribution in [0.3, 0.4) is 0 Å². The molecular formula is C9H11ClN2O. The molecule has 1 aromatic carbocycles. The first-order valence-corrected chi connectivity index (χ1v) is 4.22. The lowest BCUT2D eigenvalue weighted by molar-refractivity contribution is 0.259. The van der Waals surface area contributed by atoms with E-state index in [4.69, 9.17) is 17.3 Å². The van der Waals surface area contributed by atoms with Crippen molar-refractivity contribution >= 4 is 23.3 Å². The van der Waals surface area contributed by atoms with Crippen molar-refractivity contribution in [2.75, 3.05) is 5.32 Å². The molecule has 0 saturated heterocycles. The van der Waals surface area contributed by atoms with Gasteiger partial charge in [0.25, 0.3) is 0 Å². The Hall–Kier alpha value is -1.22. The monoisotopic (exact) mass is 198 g/mol. The highest BCUT2D eigenvalue weighted by molar-refractivity contribution is 6.32. The number of nitrogens with two attached hydrogens (primary N) is 1. The Balaban J connectivity index is 3.10. The summed E-state index contributed by atoms with van der Waals surface area (Å²) >= 11 is 5.97. The van der Waals surface area contributed by atoms with Crippen molar-refractivity contribution in [2.45, 2.75) is 13.8 Å². The predicted molar refractivity (Wildman–Crippen MR) is 54.1 cm³/mol. The van der Waals surface area contributed by atoms with Crippen LogP contribution in [0.1, 0.15) is 11.1 Å².